The molecule has 0 spiro atoms. The van der Waals surface area contributed by atoms with E-state index in [1.54, 1.807) is 6.07 Å². The van der Waals surface area contributed by atoms with Gasteiger partial charge in [-0.3, -0.25) is 0 Å². The largest absolute Gasteiger partial charge is 0.319 e. The van der Waals surface area contributed by atoms with Gasteiger partial charge in [0.2, 0.25) is 0 Å². The molecule has 1 rings (SSSR count). The van der Waals surface area contributed by atoms with Crippen LogP contribution in [-0.4, -0.2) is 13.6 Å². The molecule has 0 aromatic heterocycles. The van der Waals surface area contributed by atoms with E-state index in [9.17, 15) is 4.39 Å². The van der Waals surface area contributed by atoms with Gasteiger partial charge in [0.15, 0.2) is 0 Å². The fraction of sp³-hybridized carbons (Fsp3) is 0.333. The smallest absolute Gasteiger partial charge is 0.142 e. The average Bonchev–Trinajstić information content (AvgIpc) is 2.24. The average molecular weight is 228 g/mol. The number of benzene rings is 1. The lowest BCUT2D eigenvalue weighted by Gasteiger charge is -2.01. The van der Waals surface area contributed by atoms with Crippen LogP contribution in [-0.2, 0) is 6.42 Å². The monoisotopic (exact) mass is 227 g/mol. The lowest BCUT2D eigenvalue weighted by Crippen LogP contribution is -2.05. The minimum Gasteiger partial charge on any atom is -0.319 e. The fourth-order valence-corrected chi connectivity index (χ4v) is 1.47. The number of rotatable bonds is 5. The first-order valence-electron chi connectivity index (χ1n) is 4.98. The van der Waals surface area contributed by atoms with E-state index in [1.807, 2.05) is 19.2 Å². The highest BCUT2D eigenvalue weighted by molar-refractivity contribution is 6.31. The van der Waals surface area contributed by atoms with E-state index in [0.717, 1.165) is 18.5 Å². The zero-order valence-corrected chi connectivity index (χ0v) is 9.52. The van der Waals surface area contributed by atoms with E-state index < -0.39 is 0 Å². The summed E-state index contributed by atoms with van der Waals surface area (Å²) < 4.78 is 13.0. The van der Waals surface area contributed by atoms with Crippen molar-refractivity contribution in [1.82, 2.24) is 5.32 Å². The topological polar surface area (TPSA) is 12.0 Å². The second kappa shape index (κ2) is 6.59. The van der Waals surface area contributed by atoms with Crippen LogP contribution in [0.2, 0.25) is 5.02 Å². The molecule has 0 radical (unpaired) electrons. The second-order valence-corrected chi connectivity index (χ2v) is 3.66. The number of hydrogen-bond donors (Lipinski definition) is 1. The molecule has 1 nitrogen and oxygen atoms in total. The van der Waals surface area contributed by atoms with Crippen molar-refractivity contribution >= 4 is 11.6 Å². The quantitative estimate of drug-likeness (QED) is 0.602. The van der Waals surface area contributed by atoms with Gasteiger partial charge in [0, 0.05) is 0 Å². The summed E-state index contributed by atoms with van der Waals surface area (Å²) in [5.41, 5.74) is 0.831. The molecule has 1 N–H and O–H groups in total. The first-order chi connectivity index (χ1) is 7.25. The Morgan fingerprint density at radius 2 is 2.20 bits per heavy atom. The molecule has 0 aliphatic heterocycles. The lowest BCUT2D eigenvalue weighted by atomic mass is 10.1. The first-order valence-corrected chi connectivity index (χ1v) is 5.36. The molecular formula is C12H15ClFN. The highest BCUT2D eigenvalue weighted by atomic mass is 35.5. The van der Waals surface area contributed by atoms with Crippen molar-refractivity contribution in [2.45, 2.75) is 12.8 Å². The fourth-order valence-electron chi connectivity index (χ4n) is 1.26. The Morgan fingerprint density at radius 1 is 1.40 bits per heavy atom. The lowest BCUT2D eigenvalue weighted by molar-refractivity contribution is 0.626. The van der Waals surface area contributed by atoms with Crippen molar-refractivity contribution in [3.63, 3.8) is 0 Å². The summed E-state index contributed by atoms with van der Waals surface area (Å²) in [6, 6.07) is 4.89. The number of nitrogens with one attached hydrogen (secondary N) is 1. The van der Waals surface area contributed by atoms with Gasteiger partial charge in [-0.1, -0.05) is 35.9 Å². The highest BCUT2D eigenvalue weighted by Crippen LogP contribution is 2.20. The summed E-state index contributed by atoms with van der Waals surface area (Å²) in [5.74, 6) is -0.349. The maximum atomic E-state index is 13.0. The minimum absolute atomic E-state index is 0.232. The van der Waals surface area contributed by atoms with E-state index in [0.29, 0.717) is 6.42 Å². The molecule has 1 aromatic rings. The van der Waals surface area contributed by atoms with Gasteiger partial charge in [0.05, 0.1) is 5.02 Å². The standard InChI is InChI=1S/C12H15ClFN/c1-15-9-4-2-3-6-10-7-5-8-11(14)12(10)13/h2-3,5,7-8,15H,4,6,9H2,1H3/b3-2+. The van der Waals surface area contributed by atoms with E-state index >= 15 is 0 Å². The molecule has 0 saturated carbocycles. The molecule has 0 aliphatic carbocycles. The Bertz CT molecular complexity index is 336. The minimum atomic E-state index is -0.349. The Kier molecular flexibility index (Phi) is 5.37. The third kappa shape index (κ3) is 4.02. The second-order valence-electron chi connectivity index (χ2n) is 3.28. The van der Waals surface area contributed by atoms with Crippen molar-refractivity contribution in [2.75, 3.05) is 13.6 Å². The van der Waals surface area contributed by atoms with Crippen molar-refractivity contribution in [1.29, 1.82) is 0 Å². The predicted octanol–water partition coefficient (Wildman–Crippen LogP) is 3.19. The van der Waals surface area contributed by atoms with E-state index in [-0.39, 0.29) is 10.8 Å². The van der Waals surface area contributed by atoms with Gasteiger partial charge in [0.25, 0.3) is 0 Å². The number of halogens is 2. The SMILES string of the molecule is CNCC/C=C/Cc1cccc(F)c1Cl. The van der Waals surface area contributed by atoms with Gasteiger partial charge in [-0.2, -0.15) is 0 Å². The summed E-state index contributed by atoms with van der Waals surface area (Å²) in [4.78, 5) is 0. The summed E-state index contributed by atoms with van der Waals surface area (Å²) in [7, 11) is 1.91. The molecule has 0 fully saturated rings. The molecule has 0 unspecified atom stereocenters. The zero-order valence-electron chi connectivity index (χ0n) is 8.76. The summed E-state index contributed by atoms with van der Waals surface area (Å²) in [6.45, 7) is 0.952. The highest BCUT2D eigenvalue weighted by Gasteiger charge is 2.02. The number of hydrogen-bond acceptors (Lipinski definition) is 1. The Hall–Kier alpha value is -0.860. The van der Waals surface area contributed by atoms with Crippen LogP contribution in [0.4, 0.5) is 4.39 Å². The van der Waals surface area contributed by atoms with Gasteiger partial charge in [0.1, 0.15) is 5.82 Å². The van der Waals surface area contributed by atoms with Crippen LogP contribution in [0.5, 0.6) is 0 Å². The van der Waals surface area contributed by atoms with Crippen LogP contribution < -0.4 is 5.32 Å². The molecule has 82 valence electrons. The third-order valence-corrected chi connectivity index (χ3v) is 2.52. The van der Waals surface area contributed by atoms with Gasteiger partial charge >= 0.3 is 0 Å². The molecule has 0 atom stereocenters. The van der Waals surface area contributed by atoms with Gasteiger partial charge in [-0.05, 0) is 38.1 Å². The molecule has 15 heavy (non-hydrogen) atoms. The molecule has 0 heterocycles. The van der Waals surface area contributed by atoms with Gasteiger partial charge < -0.3 is 5.32 Å². The third-order valence-electron chi connectivity index (χ3n) is 2.10. The van der Waals surface area contributed by atoms with Crippen molar-refractivity contribution in [3.8, 4) is 0 Å². The van der Waals surface area contributed by atoms with E-state index in [4.69, 9.17) is 11.6 Å². The van der Waals surface area contributed by atoms with E-state index in [1.165, 1.54) is 6.07 Å². The molecule has 0 amide bonds. The molecule has 3 heteroatoms. The molecule has 1 aromatic carbocycles. The molecule has 0 bridgehead atoms. The Labute approximate surface area is 95.0 Å². The summed E-state index contributed by atoms with van der Waals surface area (Å²) in [5, 5.41) is 3.28. The molecule has 0 aliphatic rings. The molecular weight excluding hydrogens is 213 g/mol. The van der Waals surface area contributed by atoms with Gasteiger partial charge in [-0.25, -0.2) is 4.39 Å². The normalized spacial score (nSPS) is 11.1. The summed E-state index contributed by atoms with van der Waals surface area (Å²) in [6.07, 6.45) is 5.74. The maximum absolute atomic E-state index is 13.0. The first kappa shape index (κ1) is 12.2. The molecule has 0 saturated heterocycles. The number of allylic oxidation sites excluding steroid dienone is 1. The summed E-state index contributed by atoms with van der Waals surface area (Å²) >= 11 is 5.81. The van der Waals surface area contributed by atoms with Crippen LogP contribution in [0.3, 0.4) is 0 Å². The predicted molar refractivity (Wildman–Crippen MR) is 62.8 cm³/mol. The van der Waals surface area contributed by atoms with Crippen molar-refractivity contribution in [2.24, 2.45) is 0 Å². The van der Waals surface area contributed by atoms with Crippen LogP contribution in [0.1, 0.15) is 12.0 Å². The van der Waals surface area contributed by atoms with Crippen LogP contribution in [0.15, 0.2) is 30.4 Å². The van der Waals surface area contributed by atoms with Crippen LogP contribution in [0.25, 0.3) is 0 Å². The van der Waals surface area contributed by atoms with Crippen LogP contribution >= 0.6 is 11.6 Å². The Morgan fingerprint density at radius 3 is 2.93 bits per heavy atom. The Balaban J connectivity index is 2.50. The van der Waals surface area contributed by atoms with Crippen molar-refractivity contribution in [3.05, 3.63) is 46.8 Å². The van der Waals surface area contributed by atoms with Crippen molar-refractivity contribution < 1.29 is 4.39 Å². The van der Waals surface area contributed by atoms with Crippen LogP contribution in [0, 0.1) is 5.82 Å². The van der Waals surface area contributed by atoms with Gasteiger partial charge in [-0.15, -0.1) is 0 Å². The zero-order chi connectivity index (χ0) is 11.1. The maximum Gasteiger partial charge on any atom is 0.142 e. The van der Waals surface area contributed by atoms with E-state index in [2.05, 4.69) is 11.4 Å².